The first-order chi connectivity index (χ1) is 10.1. The first-order valence-electron chi connectivity index (χ1n) is 6.00. The van der Waals surface area contributed by atoms with Gasteiger partial charge in [0.15, 0.2) is 0 Å². The predicted molar refractivity (Wildman–Crippen MR) is 81.5 cm³/mol. The van der Waals surface area contributed by atoms with Crippen LogP contribution in [0.25, 0.3) is 0 Å². The second kappa shape index (κ2) is 6.16. The van der Waals surface area contributed by atoms with Gasteiger partial charge in [0.1, 0.15) is 17.5 Å². The Balaban J connectivity index is 2.41. The highest BCUT2D eigenvalue weighted by molar-refractivity contribution is 6.34. The van der Waals surface area contributed by atoms with E-state index in [2.05, 4.69) is 5.32 Å². The number of anilines is 2. The van der Waals surface area contributed by atoms with E-state index in [1.807, 2.05) is 6.07 Å². The number of amides is 1. The number of nitrogen functional groups attached to an aromatic ring is 1. The van der Waals surface area contributed by atoms with E-state index in [0.717, 1.165) is 0 Å². The molecule has 21 heavy (non-hydrogen) atoms. The van der Waals surface area contributed by atoms with Gasteiger partial charge in [-0.2, -0.15) is 5.26 Å². The molecule has 0 aromatic heterocycles. The standard InChI is InChI=1S/C15H12ClN3O2/c1-21-13-4-2-3-9(8-17)14(13)19-15(20)11-7-10(18)5-6-12(11)16/h2-7H,18H2,1H3,(H,19,20). The summed E-state index contributed by atoms with van der Waals surface area (Å²) < 4.78 is 5.16. The zero-order chi connectivity index (χ0) is 15.4. The molecule has 2 aromatic rings. The maximum absolute atomic E-state index is 12.3. The van der Waals surface area contributed by atoms with Crippen LogP contribution in [0.15, 0.2) is 36.4 Å². The van der Waals surface area contributed by atoms with Crippen LogP contribution in [-0.2, 0) is 0 Å². The number of nitrogens with one attached hydrogen (secondary N) is 1. The lowest BCUT2D eigenvalue weighted by atomic mass is 10.1. The van der Waals surface area contributed by atoms with Crippen molar-refractivity contribution in [3.8, 4) is 11.8 Å². The highest BCUT2D eigenvalue weighted by Gasteiger charge is 2.16. The van der Waals surface area contributed by atoms with Crippen LogP contribution in [0.2, 0.25) is 5.02 Å². The van der Waals surface area contributed by atoms with Gasteiger partial charge in [0.05, 0.1) is 23.3 Å². The highest BCUT2D eigenvalue weighted by atomic mass is 35.5. The number of nitriles is 1. The van der Waals surface area contributed by atoms with Crippen molar-refractivity contribution in [3.63, 3.8) is 0 Å². The van der Waals surface area contributed by atoms with Crippen molar-refractivity contribution >= 4 is 28.9 Å². The van der Waals surface area contributed by atoms with Gasteiger partial charge in [0, 0.05) is 5.69 Å². The Labute approximate surface area is 126 Å². The van der Waals surface area contributed by atoms with Crippen LogP contribution in [0, 0.1) is 11.3 Å². The molecule has 2 rings (SSSR count). The summed E-state index contributed by atoms with van der Waals surface area (Å²) in [5.41, 5.74) is 6.90. The molecule has 0 unspecified atom stereocenters. The zero-order valence-corrected chi connectivity index (χ0v) is 11.9. The summed E-state index contributed by atoms with van der Waals surface area (Å²) in [6.07, 6.45) is 0. The van der Waals surface area contributed by atoms with Gasteiger partial charge in [0.25, 0.3) is 5.91 Å². The van der Waals surface area contributed by atoms with E-state index in [4.69, 9.17) is 27.3 Å². The Morgan fingerprint density at radius 2 is 2.14 bits per heavy atom. The monoisotopic (exact) mass is 301 g/mol. The van der Waals surface area contributed by atoms with Gasteiger partial charge >= 0.3 is 0 Å². The van der Waals surface area contributed by atoms with Crippen molar-refractivity contribution in [2.24, 2.45) is 0 Å². The molecule has 0 spiro atoms. The van der Waals surface area contributed by atoms with Crippen LogP contribution < -0.4 is 15.8 Å². The minimum absolute atomic E-state index is 0.228. The summed E-state index contributed by atoms with van der Waals surface area (Å²) in [5, 5.41) is 12.0. The molecule has 2 aromatic carbocycles. The number of nitrogens with two attached hydrogens (primary N) is 1. The van der Waals surface area contributed by atoms with Crippen LogP contribution in [0.1, 0.15) is 15.9 Å². The number of carbonyl (C=O) groups excluding carboxylic acids is 1. The number of hydrogen-bond donors (Lipinski definition) is 2. The number of benzene rings is 2. The summed E-state index contributed by atoms with van der Waals surface area (Å²) in [4.78, 5) is 12.3. The molecule has 0 atom stereocenters. The number of carbonyl (C=O) groups is 1. The van der Waals surface area contributed by atoms with Gasteiger partial charge in [0.2, 0.25) is 0 Å². The summed E-state index contributed by atoms with van der Waals surface area (Å²) in [5.74, 6) is -0.0734. The quantitative estimate of drug-likeness (QED) is 0.853. The molecule has 5 nitrogen and oxygen atoms in total. The maximum atomic E-state index is 12.3. The van der Waals surface area contributed by atoms with Crippen molar-refractivity contribution in [1.29, 1.82) is 5.26 Å². The molecule has 0 bridgehead atoms. The molecule has 0 aliphatic heterocycles. The lowest BCUT2D eigenvalue weighted by Gasteiger charge is -2.12. The van der Waals surface area contributed by atoms with Gasteiger partial charge in [-0.25, -0.2) is 0 Å². The molecule has 0 radical (unpaired) electrons. The predicted octanol–water partition coefficient (Wildman–Crippen LogP) is 3.05. The molecule has 0 aliphatic rings. The topological polar surface area (TPSA) is 88.1 Å². The van der Waals surface area contributed by atoms with E-state index in [1.54, 1.807) is 30.3 Å². The third kappa shape index (κ3) is 3.07. The summed E-state index contributed by atoms with van der Waals surface area (Å²) in [6.45, 7) is 0. The van der Waals surface area contributed by atoms with Crippen molar-refractivity contribution in [3.05, 3.63) is 52.5 Å². The fourth-order valence-corrected chi connectivity index (χ4v) is 2.02. The highest BCUT2D eigenvalue weighted by Crippen LogP contribution is 2.29. The molecule has 3 N–H and O–H groups in total. The van der Waals surface area contributed by atoms with E-state index >= 15 is 0 Å². The number of methoxy groups -OCH3 is 1. The summed E-state index contributed by atoms with van der Waals surface area (Å²) in [6, 6.07) is 11.5. The number of ether oxygens (including phenoxy) is 1. The average Bonchev–Trinajstić information content (AvgIpc) is 2.49. The molecule has 0 saturated carbocycles. The Hall–Kier alpha value is -2.71. The van der Waals surface area contributed by atoms with Crippen LogP contribution >= 0.6 is 11.6 Å². The molecular formula is C15H12ClN3O2. The van der Waals surface area contributed by atoms with Gasteiger partial charge in [-0.05, 0) is 30.3 Å². The molecular weight excluding hydrogens is 290 g/mol. The van der Waals surface area contributed by atoms with Gasteiger partial charge < -0.3 is 15.8 Å². The molecule has 0 aliphatic carbocycles. The number of hydrogen-bond acceptors (Lipinski definition) is 4. The van der Waals surface area contributed by atoms with Gasteiger partial charge in [-0.3, -0.25) is 4.79 Å². The Bertz CT molecular complexity index is 738. The fourth-order valence-electron chi connectivity index (χ4n) is 1.82. The molecule has 0 saturated heterocycles. The second-order valence-corrected chi connectivity index (χ2v) is 4.60. The van der Waals surface area contributed by atoms with Gasteiger partial charge in [-0.1, -0.05) is 17.7 Å². The zero-order valence-electron chi connectivity index (χ0n) is 11.2. The van der Waals surface area contributed by atoms with Crippen LogP contribution in [0.5, 0.6) is 5.75 Å². The molecule has 1 amide bonds. The molecule has 0 fully saturated rings. The maximum Gasteiger partial charge on any atom is 0.257 e. The molecule has 0 heterocycles. The van der Waals surface area contributed by atoms with E-state index in [0.29, 0.717) is 22.7 Å². The third-order valence-electron chi connectivity index (χ3n) is 2.84. The largest absolute Gasteiger partial charge is 0.495 e. The van der Waals surface area contributed by atoms with Crippen molar-refractivity contribution in [1.82, 2.24) is 0 Å². The van der Waals surface area contributed by atoms with E-state index in [-0.39, 0.29) is 10.6 Å². The Morgan fingerprint density at radius 1 is 1.38 bits per heavy atom. The van der Waals surface area contributed by atoms with Crippen molar-refractivity contribution in [2.75, 3.05) is 18.2 Å². The fraction of sp³-hybridized carbons (Fsp3) is 0.0667. The second-order valence-electron chi connectivity index (χ2n) is 4.19. The average molecular weight is 302 g/mol. The third-order valence-corrected chi connectivity index (χ3v) is 3.17. The normalized spacial score (nSPS) is 9.76. The molecule has 106 valence electrons. The van der Waals surface area contributed by atoms with E-state index < -0.39 is 5.91 Å². The van der Waals surface area contributed by atoms with Crippen LogP contribution in [0.3, 0.4) is 0 Å². The first kappa shape index (κ1) is 14.7. The number of para-hydroxylation sites is 1. The lowest BCUT2D eigenvalue weighted by molar-refractivity contribution is 0.102. The summed E-state index contributed by atoms with van der Waals surface area (Å²) in [7, 11) is 1.46. The Morgan fingerprint density at radius 3 is 2.81 bits per heavy atom. The molecule has 6 heteroatoms. The SMILES string of the molecule is COc1cccc(C#N)c1NC(=O)c1cc(N)ccc1Cl. The van der Waals surface area contributed by atoms with E-state index in [9.17, 15) is 4.79 Å². The Kier molecular flexibility index (Phi) is 4.31. The summed E-state index contributed by atoms with van der Waals surface area (Å²) >= 11 is 5.99. The van der Waals surface area contributed by atoms with Crippen molar-refractivity contribution < 1.29 is 9.53 Å². The van der Waals surface area contributed by atoms with E-state index in [1.165, 1.54) is 13.2 Å². The lowest BCUT2D eigenvalue weighted by Crippen LogP contribution is -2.14. The van der Waals surface area contributed by atoms with Crippen molar-refractivity contribution in [2.45, 2.75) is 0 Å². The number of halogens is 1. The smallest absolute Gasteiger partial charge is 0.257 e. The van der Waals surface area contributed by atoms with Crippen LogP contribution in [-0.4, -0.2) is 13.0 Å². The number of rotatable bonds is 3. The van der Waals surface area contributed by atoms with Crippen LogP contribution in [0.4, 0.5) is 11.4 Å². The first-order valence-corrected chi connectivity index (χ1v) is 6.38. The minimum atomic E-state index is -0.465. The number of nitrogens with zero attached hydrogens (tertiary/aromatic N) is 1. The van der Waals surface area contributed by atoms with Gasteiger partial charge in [-0.15, -0.1) is 0 Å². The minimum Gasteiger partial charge on any atom is -0.495 e.